The molecule has 0 saturated heterocycles. The van der Waals surface area contributed by atoms with Gasteiger partial charge in [0.15, 0.2) is 0 Å². The molecule has 0 unspecified atom stereocenters. The summed E-state index contributed by atoms with van der Waals surface area (Å²) in [6.07, 6.45) is 5.13. The summed E-state index contributed by atoms with van der Waals surface area (Å²) in [6.45, 7) is 0. The fourth-order valence-corrected chi connectivity index (χ4v) is 3.31. The first kappa shape index (κ1) is 18.3. The Hall–Kier alpha value is -4.11. The number of nitrogens with zero attached hydrogens (tertiary/aromatic N) is 3. The molecule has 0 atom stereocenters. The highest BCUT2D eigenvalue weighted by atomic mass is 16.2. The van der Waals surface area contributed by atoms with Crippen LogP contribution < -0.4 is 5.32 Å². The molecule has 29 heavy (non-hydrogen) atoms. The molecule has 2 aromatic heterocycles. The van der Waals surface area contributed by atoms with Crippen LogP contribution in [0, 0.1) is 11.3 Å². The molecule has 2 aromatic carbocycles. The Bertz CT molecular complexity index is 1250. The van der Waals surface area contributed by atoms with Crippen molar-refractivity contribution in [2.75, 3.05) is 19.4 Å². The summed E-state index contributed by atoms with van der Waals surface area (Å²) in [7, 11) is 3.44. The summed E-state index contributed by atoms with van der Waals surface area (Å²) in [5, 5.41) is 14.1. The van der Waals surface area contributed by atoms with Gasteiger partial charge in [-0.2, -0.15) is 5.26 Å². The number of hydrogen-bond donors (Lipinski definition) is 2. The van der Waals surface area contributed by atoms with Crippen molar-refractivity contribution in [1.82, 2.24) is 14.9 Å². The third kappa shape index (κ3) is 3.42. The Labute approximate surface area is 168 Å². The van der Waals surface area contributed by atoms with Gasteiger partial charge in [0, 0.05) is 60.4 Å². The number of carbonyl (C=O) groups is 1. The molecule has 6 heteroatoms. The smallest absolute Gasteiger partial charge is 0.253 e. The number of carbonyl (C=O) groups excluding carboxylic acids is 1. The predicted octanol–water partition coefficient (Wildman–Crippen LogP) is 4.55. The van der Waals surface area contributed by atoms with E-state index in [1.807, 2.05) is 48.7 Å². The molecule has 4 aromatic rings. The van der Waals surface area contributed by atoms with Crippen LogP contribution in [0.25, 0.3) is 22.0 Å². The second-order valence-electron chi connectivity index (χ2n) is 6.87. The number of nitrogens with one attached hydrogen (secondary N) is 2. The number of aromatic nitrogens is 2. The van der Waals surface area contributed by atoms with E-state index in [9.17, 15) is 10.1 Å². The van der Waals surface area contributed by atoms with E-state index in [0.717, 1.165) is 27.7 Å². The molecule has 0 saturated carbocycles. The molecular weight excluding hydrogens is 362 g/mol. The van der Waals surface area contributed by atoms with Gasteiger partial charge in [0.1, 0.15) is 6.07 Å². The molecule has 0 fully saturated rings. The van der Waals surface area contributed by atoms with Crippen LogP contribution in [0.15, 0.2) is 67.1 Å². The number of aromatic amines is 1. The highest BCUT2D eigenvalue weighted by Gasteiger charge is 2.15. The lowest BCUT2D eigenvalue weighted by Gasteiger charge is -2.16. The van der Waals surface area contributed by atoms with Gasteiger partial charge in [-0.05, 0) is 35.9 Å². The van der Waals surface area contributed by atoms with Gasteiger partial charge in [-0.1, -0.05) is 18.2 Å². The minimum absolute atomic E-state index is 0.0807. The fourth-order valence-electron chi connectivity index (χ4n) is 3.31. The molecule has 6 nitrogen and oxygen atoms in total. The van der Waals surface area contributed by atoms with Gasteiger partial charge >= 0.3 is 0 Å². The Morgan fingerprint density at radius 1 is 1.14 bits per heavy atom. The van der Waals surface area contributed by atoms with Crippen molar-refractivity contribution in [3.05, 3.63) is 78.2 Å². The van der Waals surface area contributed by atoms with Crippen LogP contribution >= 0.6 is 0 Å². The van der Waals surface area contributed by atoms with E-state index in [1.165, 1.54) is 11.1 Å². The van der Waals surface area contributed by atoms with E-state index in [0.29, 0.717) is 16.8 Å². The van der Waals surface area contributed by atoms with Gasteiger partial charge in [0.25, 0.3) is 5.91 Å². The van der Waals surface area contributed by atoms with Crippen molar-refractivity contribution in [2.24, 2.45) is 0 Å². The lowest BCUT2D eigenvalue weighted by Crippen LogP contribution is -2.21. The van der Waals surface area contributed by atoms with Crippen LogP contribution in [0.1, 0.15) is 15.9 Å². The van der Waals surface area contributed by atoms with Gasteiger partial charge in [-0.25, -0.2) is 0 Å². The lowest BCUT2D eigenvalue weighted by molar-refractivity contribution is 0.0827. The van der Waals surface area contributed by atoms with Crippen molar-refractivity contribution in [3.8, 4) is 17.2 Å². The van der Waals surface area contributed by atoms with Gasteiger partial charge in [-0.15, -0.1) is 0 Å². The van der Waals surface area contributed by atoms with E-state index >= 15 is 0 Å². The molecule has 0 spiro atoms. The summed E-state index contributed by atoms with van der Waals surface area (Å²) in [5.41, 5.74) is 5.12. The van der Waals surface area contributed by atoms with E-state index < -0.39 is 0 Å². The van der Waals surface area contributed by atoms with Crippen LogP contribution in [0.3, 0.4) is 0 Å². The van der Waals surface area contributed by atoms with Crippen molar-refractivity contribution in [3.63, 3.8) is 0 Å². The third-order valence-electron chi connectivity index (χ3n) is 4.75. The number of benzene rings is 2. The van der Waals surface area contributed by atoms with Crippen LogP contribution in [0.2, 0.25) is 0 Å². The van der Waals surface area contributed by atoms with E-state index in [4.69, 9.17) is 0 Å². The van der Waals surface area contributed by atoms with E-state index in [2.05, 4.69) is 21.4 Å². The number of nitriles is 1. The maximum absolute atomic E-state index is 12.4. The van der Waals surface area contributed by atoms with Crippen LogP contribution in [-0.4, -0.2) is 34.9 Å². The van der Waals surface area contributed by atoms with Gasteiger partial charge in [-0.3, -0.25) is 9.78 Å². The van der Waals surface area contributed by atoms with Crippen molar-refractivity contribution in [2.45, 2.75) is 0 Å². The fraction of sp³-hybridized carbons (Fsp3) is 0.0870. The monoisotopic (exact) mass is 381 g/mol. The summed E-state index contributed by atoms with van der Waals surface area (Å²) >= 11 is 0. The van der Waals surface area contributed by atoms with Gasteiger partial charge in [0.05, 0.1) is 11.3 Å². The molecule has 2 N–H and O–H groups in total. The molecule has 0 radical (unpaired) electrons. The first-order valence-electron chi connectivity index (χ1n) is 9.12. The number of H-pyrrole nitrogens is 1. The molecule has 2 heterocycles. The summed E-state index contributed by atoms with van der Waals surface area (Å²) in [6, 6.07) is 17.5. The first-order chi connectivity index (χ1) is 14.1. The Balaban J connectivity index is 1.84. The molecule has 1 amide bonds. The number of amides is 1. The lowest BCUT2D eigenvalue weighted by atomic mass is 10.0. The normalized spacial score (nSPS) is 10.5. The van der Waals surface area contributed by atoms with Gasteiger partial charge in [0.2, 0.25) is 0 Å². The largest absolute Gasteiger partial charge is 0.361 e. The molecule has 0 aliphatic rings. The quantitative estimate of drug-likeness (QED) is 0.543. The number of hydrogen-bond acceptors (Lipinski definition) is 4. The molecule has 0 bridgehead atoms. The average Bonchev–Trinajstić information content (AvgIpc) is 3.23. The first-order valence-corrected chi connectivity index (χ1v) is 9.12. The zero-order valence-corrected chi connectivity index (χ0v) is 16.1. The van der Waals surface area contributed by atoms with E-state index in [-0.39, 0.29) is 5.91 Å². The second-order valence-corrected chi connectivity index (χ2v) is 6.87. The standard InChI is InChI=1S/C23H19N5O/c1-28(2)23(29)16-6-3-5-15(11-16)19-14-25-13-17(12-24)22(19)27-21-8-4-7-20-18(21)9-10-26-20/h3-11,13-14,26H,1-2H3,(H,25,27). The van der Waals surface area contributed by atoms with Crippen LogP contribution in [-0.2, 0) is 0 Å². The van der Waals surface area contributed by atoms with Crippen molar-refractivity contribution in [1.29, 1.82) is 5.26 Å². The highest BCUT2D eigenvalue weighted by molar-refractivity contribution is 5.98. The second kappa shape index (κ2) is 7.49. The number of rotatable bonds is 4. The molecule has 4 rings (SSSR count). The zero-order valence-electron chi connectivity index (χ0n) is 16.1. The Morgan fingerprint density at radius 2 is 1.97 bits per heavy atom. The minimum atomic E-state index is -0.0807. The van der Waals surface area contributed by atoms with Crippen LogP contribution in [0.4, 0.5) is 11.4 Å². The zero-order chi connectivity index (χ0) is 20.4. The Kier molecular flexibility index (Phi) is 4.71. The maximum Gasteiger partial charge on any atom is 0.253 e. The SMILES string of the molecule is CN(C)C(=O)c1cccc(-c2cncc(C#N)c2Nc2cccc3[nH]ccc23)c1. The number of fused-ring (bicyclic) bond motifs is 1. The molecular formula is C23H19N5O. The van der Waals surface area contributed by atoms with Crippen molar-refractivity contribution >= 4 is 28.2 Å². The minimum Gasteiger partial charge on any atom is -0.361 e. The maximum atomic E-state index is 12.4. The Morgan fingerprint density at radius 3 is 2.76 bits per heavy atom. The molecule has 0 aliphatic heterocycles. The van der Waals surface area contributed by atoms with Gasteiger partial charge < -0.3 is 15.2 Å². The van der Waals surface area contributed by atoms with Crippen LogP contribution in [0.5, 0.6) is 0 Å². The highest BCUT2D eigenvalue weighted by Crippen LogP contribution is 2.35. The number of pyridine rings is 1. The van der Waals surface area contributed by atoms with Crippen molar-refractivity contribution < 1.29 is 4.79 Å². The third-order valence-corrected chi connectivity index (χ3v) is 4.75. The number of anilines is 2. The summed E-state index contributed by atoms with van der Waals surface area (Å²) in [5.74, 6) is -0.0807. The topological polar surface area (TPSA) is 84.8 Å². The van der Waals surface area contributed by atoms with E-state index in [1.54, 1.807) is 26.4 Å². The summed E-state index contributed by atoms with van der Waals surface area (Å²) in [4.78, 5) is 21.3. The average molecular weight is 381 g/mol. The molecule has 0 aliphatic carbocycles. The summed E-state index contributed by atoms with van der Waals surface area (Å²) < 4.78 is 0. The molecule has 142 valence electrons. The predicted molar refractivity (Wildman–Crippen MR) is 114 cm³/mol.